The third-order valence-electron chi connectivity index (χ3n) is 2.47. The number of fused-ring (bicyclic) bond motifs is 1. The van der Waals surface area contributed by atoms with E-state index in [-0.39, 0.29) is 5.95 Å². The number of rotatable bonds is 2. The van der Waals surface area contributed by atoms with Crippen LogP contribution in [0.2, 0.25) is 0 Å². The largest absolute Gasteiger partial charge is 0.418 e. The lowest BCUT2D eigenvalue weighted by Crippen LogP contribution is -1.98. The van der Waals surface area contributed by atoms with Gasteiger partial charge in [-0.25, -0.2) is 4.98 Å². The number of nitrogens with two attached hydrogens (primary N) is 1. The molecule has 0 saturated heterocycles. The van der Waals surface area contributed by atoms with Crippen LogP contribution in [0, 0.1) is 6.92 Å². The lowest BCUT2D eigenvalue weighted by molar-refractivity contribution is 0.449. The highest BCUT2D eigenvalue weighted by Crippen LogP contribution is 2.26. The number of H-pyrrole nitrogens is 1. The van der Waals surface area contributed by atoms with E-state index in [1.807, 2.05) is 31.2 Å². The van der Waals surface area contributed by atoms with Gasteiger partial charge in [0.05, 0.1) is 10.9 Å². The molecule has 18 heavy (non-hydrogen) atoms. The second kappa shape index (κ2) is 3.99. The van der Waals surface area contributed by atoms with E-state index >= 15 is 0 Å². The summed E-state index contributed by atoms with van der Waals surface area (Å²) < 4.78 is 5.62. The number of nitrogen functional groups attached to an aromatic ring is 1. The van der Waals surface area contributed by atoms with Crippen molar-refractivity contribution >= 4 is 16.9 Å². The molecule has 2 heterocycles. The predicted octanol–water partition coefficient (Wildman–Crippen LogP) is 2.04. The molecular weight excluding hydrogens is 230 g/mol. The third kappa shape index (κ3) is 1.84. The Morgan fingerprint density at radius 1 is 1.22 bits per heavy atom. The van der Waals surface area contributed by atoms with Crippen LogP contribution in [-0.4, -0.2) is 20.2 Å². The maximum Gasteiger partial charge on any atom is 0.240 e. The van der Waals surface area contributed by atoms with Crippen LogP contribution in [0.1, 0.15) is 5.69 Å². The number of aromatic amines is 1. The van der Waals surface area contributed by atoms with Crippen molar-refractivity contribution in [2.24, 2.45) is 0 Å². The summed E-state index contributed by atoms with van der Waals surface area (Å²) in [6.07, 6.45) is 0. The average Bonchev–Trinajstić information content (AvgIpc) is 2.74. The van der Waals surface area contributed by atoms with E-state index in [0.717, 1.165) is 16.6 Å². The summed E-state index contributed by atoms with van der Waals surface area (Å²) in [6.45, 7) is 1.90. The third-order valence-corrected chi connectivity index (χ3v) is 2.47. The fourth-order valence-electron chi connectivity index (χ4n) is 1.69. The van der Waals surface area contributed by atoms with E-state index in [9.17, 15) is 0 Å². The number of anilines is 1. The molecule has 0 bridgehead atoms. The van der Waals surface area contributed by atoms with E-state index in [4.69, 9.17) is 10.5 Å². The Balaban J connectivity index is 2.10. The first kappa shape index (κ1) is 10.5. The first-order valence-electron chi connectivity index (χ1n) is 5.44. The monoisotopic (exact) mass is 241 g/mol. The average molecular weight is 241 g/mol. The molecule has 3 rings (SSSR count). The highest BCUT2D eigenvalue weighted by molar-refractivity contribution is 5.84. The zero-order valence-electron chi connectivity index (χ0n) is 9.71. The molecule has 2 aromatic heterocycles. The molecule has 0 unspecified atom stereocenters. The van der Waals surface area contributed by atoms with Gasteiger partial charge in [-0.3, -0.25) is 5.10 Å². The molecule has 0 spiro atoms. The number of nitrogens with zero attached hydrogens (tertiary/aromatic N) is 3. The van der Waals surface area contributed by atoms with Crippen LogP contribution in [0.4, 0.5) is 5.95 Å². The van der Waals surface area contributed by atoms with Crippen molar-refractivity contribution in [3.63, 3.8) is 0 Å². The summed E-state index contributed by atoms with van der Waals surface area (Å²) in [5.41, 5.74) is 7.31. The Hall–Kier alpha value is -2.63. The molecule has 3 aromatic rings. The lowest BCUT2D eigenvalue weighted by Gasteiger charge is -2.05. The van der Waals surface area contributed by atoms with Crippen LogP contribution in [0.25, 0.3) is 10.9 Å². The van der Waals surface area contributed by atoms with Crippen LogP contribution in [-0.2, 0) is 0 Å². The van der Waals surface area contributed by atoms with Crippen molar-refractivity contribution in [2.75, 3.05) is 5.73 Å². The van der Waals surface area contributed by atoms with Crippen LogP contribution < -0.4 is 10.5 Å². The number of ether oxygens (including phenoxy) is 1. The predicted molar refractivity (Wildman–Crippen MR) is 67.3 cm³/mol. The standard InChI is InChI=1S/C12H11N5O/c1-7-6-10(17-16-7)18-11-8-4-2-3-5-9(8)14-12(13)15-11/h2-6H,1H3,(H,16,17)(H2,13,14,15). The summed E-state index contributed by atoms with van der Waals surface area (Å²) in [7, 11) is 0. The molecule has 0 aliphatic rings. The molecule has 0 fully saturated rings. The van der Waals surface area contributed by atoms with Gasteiger partial charge in [0.15, 0.2) is 0 Å². The number of hydrogen-bond acceptors (Lipinski definition) is 5. The molecule has 0 aliphatic carbocycles. The smallest absolute Gasteiger partial charge is 0.240 e. The quantitative estimate of drug-likeness (QED) is 0.716. The van der Waals surface area contributed by atoms with Crippen molar-refractivity contribution in [3.05, 3.63) is 36.0 Å². The molecule has 6 nitrogen and oxygen atoms in total. The Morgan fingerprint density at radius 2 is 2.06 bits per heavy atom. The fourth-order valence-corrected chi connectivity index (χ4v) is 1.69. The topological polar surface area (TPSA) is 89.7 Å². The van der Waals surface area contributed by atoms with Crippen LogP contribution in [0.5, 0.6) is 11.8 Å². The molecule has 1 aromatic carbocycles. The molecule has 0 aliphatic heterocycles. The Kier molecular flexibility index (Phi) is 2.33. The number of benzene rings is 1. The minimum Gasteiger partial charge on any atom is -0.418 e. The molecule has 0 saturated carbocycles. The Morgan fingerprint density at radius 3 is 2.83 bits per heavy atom. The highest BCUT2D eigenvalue weighted by atomic mass is 16.5. The highest BCUT2D eigenvalue weighted by Gasteiger charge is 2.09. The SMILES string of the molecule is Cc1cc(Oc2nc(N)nc3ccccc23)n[nH]1. The molecule has 0 amide bonds. The summed E-state index contributed by atoms with van der Waals surface area (Å²) in [5, 5.41) is 7.60. The van der Waals surface area contributed by atoms with Gasteiger partial charge in [-0.15, -0.1) is 5.10 Å². The van der Waals surface area contributed by atoms with Crippen molar-refractivity contribution in [2.45, 2.75) is 6.92 Å². The summed E-state index contributed by atoms with van der Waals surface area (Å²) in [5.74, 6) is 1.04. The van der Waals surface area contributed by atoms with Gasteiger partial charge in [0, 0.05) is 11.8 Å². The van der Waals surface area contributed by atoms with E-state index < -0.39 is 0 Å². The maximum atomic E-state index is 5.65. The second-order valence-electron chi connectivity index (χ2n) is 3.90. The van der Waals surface area contributed by atoms with Gasteiger partial charge in [0.25, 0.3) is 0 Å². The van der Waals surface area contributed by atoms with Gasteiger partial charge in [-0.1, -0.05) is 12.1 Å². The van der Waals surface area contributed by atoms with Gasteiger partial charge in [0.1, 0.15) is 0 Å². The zero-order chi connectivity index (χ0) is 12.5. The van der Waals surface area contributed by atoms with Gasteiger partial charge < -0.3 is 10.5 Å². The maximum absolute atomic E-state index is 5.65. The number of aryl methyl sites for hydroxylation is 1. The number of aromatic nitrogens is 4. The normalized spacial score (nSPS) is 10.7. The summed E-state index contributed by atoms with van der Waals surface area (Å²) in [6, 6.07) is 9.30. The van der Waals surface area contributed by atoms with Crippen molar-refractivity contribution in [1.82, 2.24) is 20.2 Å². The van der Waals surface area contributed by atoms with Crippen LogP contribution >= 0.6 is 0 Å². The molecule has 3 N–H and O–H groups in total. The Labute approximate surface area is 103 Å². The van der Waals surface area contributed by atoms with Crippen LogP contribution in [0.3, 0.4) is 0 Å². The van der Waals surface area contributed by atoms with E-state index in [1.54, 1.807) is 6.07 Å². The first-order chi connectivity index (χ1) is 8.72. The molecule has 90 valence electrons. The fraction of sp³-hybridized carbons (Fsp3) is 0.0833. The van der Waals surface area contributed by atoms with Gasteiger partial charge in [0.2, 0.25) is 17.7 Å². The molecular formula is C12H11N5O. The van der Waals surface area contributed by atoms with Gasteiger partial charge >= 0.3 is 0 Å². The van der Waals surface area contributed by atoms with Crippen molar-refractivity contribution < 1.29 is 4.74 Å². The molecule has 0 radical (unpaired) electrons. The number of hydrogen-bond donors (Lipinski definition) is 2. The molecule has 0 atom stereocenters. The van der Waals surface area contributed by atoms with Crippen molar-refractivity contribution in [3.8, 4) is 11.8 Å². The zero-order valence-corrected chi connectivity index (χ0v) is 9.71. The minimum absolute atomic E-state index is 0.177. The minimum atomic E-state index is 0.177. The van der Waals surface area contributed by atoms with Gasteiger partial charge in [-0.05, 0) is 19.1 Å². The van der Waals surface area contributed by atoms with Crippen LogP contribution in [0.15, 0.2) is 30.3 Å². The number of para-hydroxylation sites is 1. The van der Waals surface area contributed by atoms with E-state index in [2.05, 4.69) is 20.2 Å². The summed E-state index contributed by atoms with van der Waals surface area (Å²) in [4.78, 5) is 8.24. The second-order valence-corrected chi connectivity index (χ2v) is 3.90. The van der Waals surface area contributed by atoms with Crippen molar-refractivity contribution in [1.29, 1.82) is 0 Å². The van der Waals surface area contributed by atoms with E-state index in [1.165, 1.54) is 0 Å². The molecule has 6 heteroatoms. The van der Waals surface area contributed by atoms with Gasteiger partial charge in [-0.2, -0.15) is 4.98 Å². The lowest BCUT2D eigenvalue weighted by atomic mass is 10.2. The summed E-state index contributed by atoms with van der Waals surface area (Å²) >= 11 is 0. The first-order valence-corrected chi connectivity index (χ1v) is 5.44. The number of nitrogens with one attached hydrogen (secondary N) is 1. The Bertz CT molecular complexity index is 707. The van der Waals surface area contributed by atoms with E-state index in [0.29, 0.717) is 11.8 Å².